The van der Waals surface area contributed by atoms with Gasteiger partial charge in [-0.25, -0.2) is 13.4 Å². The molecule has 0 radical (unpaired) electrons. The van der Waals surface area contributed by atoms with Crippen LogP contribution in [0.25, 0.3) is 0 Å². The second kappa shape index (κ2) is 7.53. The van der Waals surface area contributed by atoms with Crippen LogP contribution in [0.1, 0.15) is 16.3 Å². The lowest BCUT2D eigenvalue weighted by atomic mass is 10.2. The Morgan fingerprint density at radius 2 is 2.04 bits per heavy atom. The van der Waals surface area contributed by atoms with Gasteiger partial charge in [-0.15, -0.1) is 11.3 Å². The second-order valence-corrected chi connectivity index (χ2v) is 8.04. The molecule has 0 unspecified atom stereocenters. The van der Waals surface area contributed by atoms with Gasteiger partial charge in [0.25, 0.3) is 0 Å². The first kappa shape index (κ1) is 18.1. The van der Waals surface area contributed by atoms with Crippen LogP contribution in [0.3, 0.4) is 0 Å². The van der Waals surface area contributed by atoms with Crippen molar-refractivity contribution in [3.05, 3.63) is 45.9 Å². The van der Waals surface area contributed by atoms with E-state index in [0.29, 0.717) is 5.56 Å². The molecular formula is C15H16N4O3S2. The molecule has 0 saturated carbocycles. The van der Waals surface area contributed by atoms with Gasteiger partial charge in [0.1, 0.15) is 5.01 Å². The average molecular weight is 364 g/mol. The Morgan fingerprint density at radius 1 is 1.38 bits per heavy atom. The van der Waals surface area contributed by atoms with E-state index in [4.69, 9.17) is 5.26 Å². The molecule has 1 amide bonds. The topological polar surface area (TPSA) is 103 Å². The molecule has 0 aliphatic carbocycles. The Morgan fingerprint density at radius 3 is 2.58 bits per heavy atom. The number of aromatic nitrogens is 1. The molecule has 0 bridgehead atoms. The van der Waals surface area contributed by atoms with Gasteiger partial charge in [0, 0.05) is 18.1 Å². The molecule has 0 fully saturated rings. The van der Waals surface area contributed by atoms with Crippen LogP contribution in [0.15, 0.2) is 34.5 Å². The standard InChI is InChI=1S/C15H16N4O3S2/c1-11-10-23-15(18-11)8-17-14(20)9-19(2)24(21,22)13-5-3-12(7-16)4-6-13/h3-6,10H,8-9H2,1-2H3,(H,17,20). The van der Waals surface area contributed by atoms with Crippen LogP contribution in [0.5, 0.6) is 0 Å². The van der Waals surface area contributed by atoms with Crippen molar-refractivity contribution < 1.29 is 13.2 Å². The second-order valence-electron chi connectivity index (χ2n) is 5.06. The summed E-state index contributed by atoms with van der Waals surface area (Å²) >= 11 is 1.43. The number of sulfonamides is 1. The predicted molar refractivity (Wildman–Crippen MR) is 89.7 cm³/mol. The number of aryl methyl sites for hydroxylation is 1. The Bertz CT molecular complexity index is 867. The molecule has 0 spiro atoms. The van der Waals surface area contributed by atoms with E-state index in [9.17, 15) is 13.2 Å². The van der Waals surface area contributed by atoms with Crippen molar-refractivity contribution in [2.75, 3.05) is 13.6 Å². The van der Waals surface area contributed by atoms with Crippen molar-refractivity contribution in [1.82, 2.24) is 14.6 Å². The number of amides is 1. The van der Waals surface area contributed by atoms with Crippen LogP contribution in [0, 0.1) is 18.3 Å². The van der Waals surface area contributed by atoms with E-state index in [2.05, 4.69) is 10.3 Å². The number of hydrogen-bond acceptors (Lipinski definition) is 6. The zero-order valence-electron chi connectivity index (χ0n) is 13.2. The van der Waals surface area contributed by atoms with E-state index in [1.54, 1.807) is 0 Å². The van der Waals surface area contributed by atoms with E-state index in [1.807, 2.05) is 18.4 Å². The SMILES string of the molecule is Cc1csc(CNC(=O)CN(C)S(=O)(=O)c2ccc(C#N)cc2)n1. The van der Waals surface area contributed by atoms with Crippen molar-refractivity contribution in [2.24, 2.45) is 0 Å². The summed E-state index contributed by atoms with van der Waals surface area (Å²) < 4.78 is 25.8. The number of thiazole rings is 1. The van der Waals surface area contributed by atoms with Crippen molar-refractivity contribution in [3.63, 3.8) is 0 Å². The lowest BCUT2D eigenvalue weighted by molar-refractivity contribution is -0.121. The number of carbonyl (C=O) groups excluding carboxylic acids is 1. The third-order valence-electron chi connectivity index (χ3n) is 3.16. The van der Waals surface area contributed by atoms with Gasteiger partial charge in [-0.3, -0.25) is 4.79 Å². The average Bonchev–Trinajstić information content (AvgIpc) is 2.98. The van der Waals surface area contributed by atoms with Gasteiger partial charge in [-0.1, -0.05) is 0 Å². The van der Waals surface area contributed by atoms with Crippen LogP contribution in [-0.4, -0.2) is 37.2 Å². The summed E-state index contributed by atoms with van der Waals surface area (Å²) in [6.45, 7) is 1.83. The zero-order chi connectivity index (χ0) is 17.7. The first-order valence-electron chi connectivity index (χ1n) is 6.97. The van der Waals surface area contributed by atoms with Crippen molar-refractivity contribution in [2.45, 2.75) is 18.4 Å². The molecule has 0 aliphatic heterocycles. The predicted octanol–water partition coefficient (Wildman–Crippen LogP) is 1.26. The summed E-state index contributed by atoms with van der Waals surface area (Å²) in [7, 11) is -2.45. The molecule has 0 saturated heterocycles. The first-order valence-corrected chi connectivity index (χ1v) is 9.29. The molecule has 0 atom stereocenters. The van der Waals surface area contributed by atoms with E-state index >= 15 is 0 Å². The van der Waals surface area contributed by atoms with Crippen molar-refractivity contribution in [1.29, 1.82) is 5.26 Å². The van der Waals surface area contributed by atoms with Crippen molar-refractivity contribution in [3.8, 4) is 6.07 Å². The van der Waals surface area contributed by atoms with E-state index < -0.39 is 15.9 Å². The highest BCUT2D eigenvalue weighted by Crippen LogP contribution is 2.15. The molecule has 1 heterocycles. The molecular weight excluding hydrogens is 348 g/mol. The smallest absolute Gasteiger partial charge is 0.243 e. The Hall–Kier alpha value is -2.28. The summed E-state index contributed by atoms with van der Waals surface area (Å²) in [5.74, 6) is -0.414. The minimum atomic E-state index is -3.79. The molecule has 24 heavy (non-hydrogen) atoms. The normalized spacial score (nSPS) is 11.2. The molecule has 1 aromatic heterocycles. The largest absolute Gasteiger partial charge is 0.348 e. The van der Waals surface area contributed by atoms with Crippen LogP contribution in [-0.2, 0) is 21.4 Å². The minimum absolute atomic E-state index is 0.0346. The molecule has 2 aromatic rings. The highest BCUT2D eigenvalue weighted by atomic mass is 32.2. The number of nitriles is 1. The number of rotatable bonds is 6. The van der Waals surface area contributed by atoms with Gasteiger partial charge in [-0.2, -0.15) is 9.57 Å². The fraction of sp³-hybridized carbons (Fsp3) is 0.267. The highest BCUT2D eigenvalue weighted by Gasteiger charge is 2.22. The lowest BCUT2D eigenvalue weighted by Gasteiger charge is -2.16. The van der Waals surface area contributed by atoms with Crippen LogP contribution in [0.4, 0.5) is 0 Å². The van der Waals surface area contributed by atoms with Gasteiger partial charge in [0.05, 0.1) is 29.6 Å². The molecule has 7 nitrogen and oxygen atoms in total. The molecule has 1 N–H and O–H groups in total. The Balaban J connectivity index is 1.97. The third-order valence-corrected chi connectivity index (χ3v) is 5.95. The number of benzene rings is 1. The maximum absolute atomic E-state index is 12.4. The summed E-state index contributed by atoms with van der Waals surface area (Å²) in [4.78, 5) is 16.2. The minimum Gasteiger partial charge on any atom is -0.348 e. The fourth-order valence-corrected chi connectivity index (χ4v) is 3.72. The van der Waals surface area contributed by atoms with Crippen LogP contribution < -0.4 is 5.32 Å². The summed E-state index contributed by atoms with van der Waals surface area (Å²) in [5, 5.41) is 14.0. The number of carbonyl (C=O) groups is 1. The van der Waals surface area contributed by atoms with Gasteiger partial charge in [0.15, 0.2) is 0 Å². The monoisotopic (exact) mass is 364 g/mol. The van der Waals surface area contributed by atoms with Gasteiger partial charge < -0.3 is 5.32 Å². The van der Waals surface area contributed by atoms with Crippen LogP contribution in [0.2, 0.25) is 0 Å². The van der Waals surface area contributed by atoms with Gasteiger partial charge in [-0.05, 0) is 31.2 Å². The first-order chi connectivity index (χ1) is 11.3. The quantitative estimate of drug-likeness (QED) is 0.831. The summed E-state index contributed by atoms with van der Waals surface area (Å²) in [6, 6.07) is 7.46. The van der Waals surface area contributed by atoms with Gasteiger partial charge >= 0.3 is 0 Å². The van der Waals surface area contributed by atoms with Crippen molar-refractivity contribution >= 4 is 27.3 Å². The van der Waals surface area contributed by atoms with E-state index in [0.717, 1.165) is 15.0 Å². The fourth-order valence-electron chi connectivity index (χ4n) is 1.88. The number of likely N-dealkylation sites (N-methyl/N-ethyl adjacent to an activating group) is 1. The van der Waals surface area contributed by atoms with E-state index in [1.165, 1.54) is 42.6 Å². The number of nitrogens with zero attached hydrogens (tertiary/aromatic N) is 3. The maximum atomic E-state index is 12.4. The summed E-state index contributed by atoms with van der Waals surface area (Å²) in [5.41, 5.74) is 1.25. The maximum Gasteiger partial charge on any atom is 0.243 e. The van der Waals surface area contributed by atoms with E-state index in [-0.39, 0.29) is 18.0 Å². The Labute approximate surface area is 144 Å². The van der Waals surface area contributed by atoms with Crippen LogP contribution >= 0.6 is 11.3 Å². The molecule has 0 aliphatic rings. The number of nitrogens with one attached hydrogen (secondary N) is 1. The number of hydrogen-bond donors (Lipinski definition) is 1. The molecule has 9 heteroatoms. The zero-order valence-corrected chi connectivity index (χ0v) is 14.8. The summed E-state index contributed by atoms with van der Waals surface area (Å²) in [6.07, 6.45) is 0. The molecule has 126 valence electrons. The lowest BCUT2D eigenvalue weighted by Crippen LogP contribution is -2.38. The molecule has 2 rings (SSSR count). The Kier molecular flexibility index (Phi) is 5.66. The van der Waals surface area contributed by atoms with Gasteiger partial charge in [0.2, 0.25) is 15.9 Å². The third kappa shape index (κ3) is 4.38. The molecule has 1 aromatic carbocycles. The highest BCUT2D eigenvalue weighted by molar-refractivity contribution is 7.89.